The highest BCUT2D eigenvalue weighted by Gasteiger charge is 2.10. The van der Waals surface area contributed by atoms with Gasteiger partial charge in [-0.1, -0.05) is 0 Å². The molecule has 4 aromatic rings. The van der Waals surface area contributed by atoms with E-state index in [1.54, 1.807) is 41.5 Å². The first-order valence-corrected chi connectivity index (χ1v) is 6.55. The number of benzene rings is 1. The van der Waals surface area contributed by atoms with Gasteiger partial charge in [-0.25, -0.2) is 29.0 Å². The maximum absolute atomic E-state index is 13.0. The van der Waals surface area contributed by atoms with Gasteiger partial charge < -0.3 is 0 Å². The Morgan fingerprint density at radius 2 is 1.86 bits per heavy atom. The zero-order chi connectivity index (χ0) is 14.9. The average Bonchev–Trinajstić information content (AvgIpc) is 3.09. The van der Waals surface area contributed by atoms with E-state index in [0.29, 0.717) is 22.7 Å². The summed E-state index contributed by atoms with van der Waals surface area (Å²) in [5, 5.41) is 4.16. The van der Waals surface area contributed by atoms with E-state index in [0.717, 1.165) is 5.56 Å². The topological polar surface area (TPSA) is 69.4 Å². The van der Waals surface area contributed by atoms with Crippen molar-refractivity contribution in [1.82, 2.24) is 29.7 Å². The summed E-state index contributed by atoms with van der Waals surface area (Å²) in [5.74, 6) is 0.254. The first-order chi connectivity index (χ1) is 10.8. The minimum atomic E-state index is -0.293. The van der Waals surface area contributed by atoms with Gasteiger partial charge >= 0.3 is 0 Å². The molecule has 1 aromatic carbocycles. The lowest BCUT2D eigenvalue weighted by atomic mass is 10.1. The average molecular weight is 292 g/mol. The molecular formula is C15H9FN6. The molecule has 7 heteroatoms. The van der Waals surface area contributed by atoms with Crippen LogP contribution in [0.25, 0.3) is 28.2 Å². The molecule has 0 N–H and O–H groups in total. The van der Waals surface area contributed by atoms with Crippen LogP contribution in [0.1, 0.15) is 0 Å². The van der Waals surface area contributed by atoms with Gasteiger partial charge in [-0.05, 0) is 30.3 Å². The number of hydrogen-bond acceptors (Lipinski definition) is 5. The van der Waals surface area contributed by atoms with Crippen LogP contribution in [0.4, 0.5) is 4.39 Å². The molecule has 0 radical (unpaired) electrons. The largest absolute Gasteiger partial charge is 0.239 e. The minimum absolute atomic E-state index is 0.293. The van der Waals surface area contributed by atoms with Crippen molar-refractivity contribution in [2.24, 2.45) is 0 Å². The Kier molecular flexibility index (Phi) is 2.82. The predicted octanol–water partition coefficient (Wildman–Crippen LogP) is 2.41. The predicted molar refractivity (Wildman–Crippen MR) is 77.6 cm³/mol. The quantitative estimate of drug-likeness (QED) is 0.567. The minimum Gasteiger partial charge on any atom is -0.239 e. The van der Waals surface area contributed by atoms with Gasteiger partial charge in [0.25, 0.3) is 0 Å². The molecule has 0 aliphatic heterocycles. The normalized spacial score (nSPS) is 11.0. The second-order valence-electron chi connectivity index (χ2n) is 4.58. The fourth-order valence-corrected chi connectivity index (χ4v) is 2.15. The van der Waals surface area contributed by atoms with Crippen LogP contribution in [0.15, 0.2) is 55.2 Å². The molecule has 0 saturated heterocycles. The third kappa shape index (κ3) is 2.08. The van der Waals surface area contributed by atoms with Crippen molar-refractivity contribution in [3.63, 3.8) is 0 Å². The summed E-state index contributed by atoms with van der Waals surface area (Å²) in [4.78, 5) is 17.2. The summed E-state index contributed by atoms with van der Waals surface area (Å²) < 4.78 is 14.6. The van der Waals surface area contributed by atoms with Crippen molar-refractivity contribution in [3.05, 3.63) is 61.1 Å². The number of nitrogens with zero attached hydrogens (tertiary/aromatic N) is 6. The van der Waals surface area contributed by atoms with Crippen molar-refractivity contribution in [3.8, 4) is 17.1 Å². The van der Waals surface area contributed by atoms with Gasteiger partial charge in [0.05, 0.1) is 11.9 Å². The van der Waals surface area contributed by atoms with Gasteiger partial charge in [0.2, 0.25) is 0 Å². The number of halogens is 1. The molecule has 0 bridgehead atoms. The molecule has 0 atom stereocenters. The van der Waals surface area contributed by atoms with Crippen LogP contribution in [0.5, 0.6) is 0 Å². The fourth-order valence-electron chi connectivity index (χ4n) is 2.15. The first kappa shape index (κ1) is 12.5. The molecule has 3 aromatic heterocycles. The Morgan fingerprint density at radius 1 is 1.00 bits per heavy atom. The summed E-state index contributed by atoms with van der Waals surface area (Å²) in [7, 11) is 0. The van der Waals surface area contributed by atoms with Gasteiger partial charge in [-0.15, -0.1) is 0 Å². The van der Waals surface area contributed by atoms with E-state index in [1.807, 2.05) is 0 Å². The van der Waals surface area contributed by atoms with E-state index in [2.05, 4.69) is 25.0 Å². The highest BCUT2D eigenvalue weighted by Crippen LogP contribution is 2.21. The summed E-state index contributed by atoms with van der Waals surface area (Å²) in [6.45, 7) is 0. The monoisotopic (exact) mass is 292 g/mol. The molecule has 6 nitrogen and oxygen atoms in total. The Morgan fingerprint density at radius 3 is 2.64 bits per heavy atom. The molecule has 3 heterocycles. The maximum atomic E-state index is 13.0. The van der Waals surface area contributed by atoms with E-state index in [1.165, 1.54) is 18.5 Å². The lowest BCUT2D eigenvalue weighted by molar-refractivity contribution is 0.628. The Bertz CT molecular complexity index is 934. The van der Waals surface area contributed by atoms with Crippen molar-refractivity contribution >= 4 is 11.2 Å². The summed E-state index contributed by atoms with van der Waals surface area (Å²) in [5.41, 5.74) is 2.40. The van der Waals surface area contributed by atoms with E-state index in [-0.39, 0.29) is 5.82 Å². The number of hydrogen-bond donors (Lipinski definition) is 0. The van der Waals surface area contributed by atoms with Gasteiger partial charge in [-0.2, -0.15) is 5.10 Å². The van der Waals surface area contributed by atoms with Crippen LogP contribution in [0.2, 0.25) is 0 Å². The van der Waals surface area contributed by atoms with Gasteiger partial charge in [0, 0.05) is 18.0 Å². The standard InChI is InChI=1S/C15H9FN6/c16-11-4-2-10(3-5-11)12-8-17-14-13(21-12)15(19-9-18-14)22-7-1-6-20-22/h1-9H. The number of fused-ring (bicyclic) bond motifs is 1. The van der Waals surface area contributed by atoms with Crippen LogP contribution in [0, 0.1) is 5.82 Å². The Balaban J connectivity index is 1.93. The molecule has 0 aliphatic rings. The van der Waals surface area contributed by atoms with Crippen LogP contribution in [-0.2, 0) is 0 Å². The number of aromatic nitrogens is 6. The summed E-state index contributed by atoms with van der Waals surface area (Å²) in [6.07, 6.45) is 6.46. The third-order valence-corrected chi connectivity index (χ3v) is 3.19. The van der Waals surface area contributed by atoms with E-state index in [4.69, 9.17) is 0 Å². The first-order valence-electron chi connectivity index (χ1n) is 6.55. The van der Waals surface area contributed by atoms with Crippen molar-refractivity contribution in [1.29, 1.82) is 0 Å². The Labute approximate surface area is 124 Å². The van der Waals surface area contributed by atoms with Crippen molar-refractivity contribution < 1.29 is 4.39 Å². The van der Waals surface area contributed by atoms with E-state index in [9.17, 15) is 4.39 Å². The summed E-state index contributed by atoms with van der Waals surface area (Å²) in [6, 6.07) is 7.88. The molecule has 0 amide bonds. The lowest BCUT2D eigenvalue weighted by Crippen LogP contribution is -2.03. The highest BCUT2D eigenvalue weighted by atomic mass is 19.1. The lowest BCUT2D eigenvalue weighted by Gasteiger charge is -2.06. The van der Waals surface area contributed by atoms with Crippen LogP contribution < -0.4 is 0 Å². The molecular weight excluding hydrogens is 283 g/mol. The molecule has 0 unspecified atom stereocenters. The van der Waals surface area contributed by atoms with Gasteiger partial charge in [0.1, 0.15) is 12.1 Å². The molecule has 4 rings (SSSR count). The molecule has 106 valence electrons. The smallest absolute Gasteiger partial charge is 0.184 e. The molecule has 0 aliphatic carbocycles. The second kappa shape index (κ2) is 4.96. The van der Waals surface area contributed by atoms with E-state index >= 15 is 0 Å². The molecule has 0 saturated carbocycles. The molecule has 0 spiro atoms. The van der Waals surface area contributed by atoms with Gasteiger partial charge in [-0.3, -0.25) is 0 Å². The van der Waals surface area contributed by atoms with Crippen molar-refractivity contribution in [2.75, 3.05) is 0 Å². The third-order valence-electron chi connectivity index (χ3n) is 3.19. The second-order valence-corrected chi connectivity index (χ2v) is 4.58. The number of rotatable bonds is 2. The molecule has 0 fully saturated rings. The zero-order valence-corrected chi connectivity index (χ0v) is 11.3. The SMILES string of the molecule is Fc1ccc(-c2cnc3ncnc(-n4cccn4)c3n2)cc1. The van der Waals surface area contributed by atoms with Gasteiger partial charge in [0.15, 0.2) is 17.0 Å². The maximum Gasteiger partial charge on any atom is 0.184 e. The molecule has 22 heavy (non-hydrogen) atoms. The van der Waals surface area contributed by atoms with Crippen LogP contribution >= 0.6 is 0 Å². The van der Waals surface area contributed by atoms with Crippen molar-refractivity contribution in [2.45, 2.75) is 0 Å². The van der Waals surface area contributed by atoms with E-state index < -0.39 is 0 Å². The highest BCUT2D eigenvalue weighted by molar-refractivity contribution is 5.79. The van der Waals surface area contributed by atoms with Crippen LogP contribution in [0.3, 0.4) is 0 Å². The Hall–Kier alpha value is -3.22. The fraction of sp³-hybridized carbons (Fsp3) is 0. The summed E-state index contributed by atoms with van der Waals surface area (Å²) >= 11 is 0. The van der Waals surface area contributed by atoms with Crippen LogP contribution in [-0.4, -0.2) is 29.7 Å². The zero-order valence-electron chi connectivity index (χ0n) is 11.3.